The van der Waals surface area contributed by atoms with Gasteiger partial charge >= 0.3 is 0 Å². The molecular weight excluding hydrogens is 244 g/mol. The summed E-state index contributed by atoms with van der Waals surface area (Å²) in [6.07, 6.45) is 2.24. The van der Waals surface area contributed by atoms with Gasteiger partial charge in [-0.15, -0.1) is 0 Å². The average molecular weight is 276 g/mol. The fourth-order valence-corrected chi connectivity index (χ4v) is 3.66. The maximum Gasteiger partial charge on any atom is 0.123 e. The van der Waals surface area contributed by atoms with Crippen LogP contribution in [0.4, 0.5) is 0 Å². The molecule has 0 unspecified atom stereocenters. The first-order valence-corrected chi connectivity index (χ1v) is 7.65. The Kier molecular flexibility index (Phi) is 4.94. The third kappa shape index (κ3) is 5.98. The van der Waals surface area contributed by atoms with Crippen molar-refractivity contribution in [2.75, 3.05) is 0 Å². The average Bonchev–Trinajstić information content (AvgIpc) is 2.15. The Morgan fingerprint density at radius 1 is 0.850 bits per heavy atom. The van der Waals surface area contributed by atoms with Gasteiger partial charge in [0.1, 0.15) is 11.4 Å². The summed E-state index contributed by atoms with van der Waals surface area (Å²) in [5, 5.41) is 0. The van der Waals surface area contributed by atoms with Crippen LogP contribution in [0.15, 0.2) is 24.3 Å². The largest absolute Gasteiger partial charge is 0.488 e. The normalized spacial score (nSPS) is 13.4. The molecule has 0 saturated carbocycles. The quantitative estimate of drug-likeness (QED) is 0.640. The lowest BCUT2D eigenvalue weighted by molar-refractivity contribution is 0.0400. The molecule has 0 heterocycles. The summed E-state index contributed by atoms with van der Waals surface area (Å²) in [6.45, 7) is 18.1. The molecule has 0 bridgehead atoms. The lowest BCUT2D eigenvalue weighted by atomic mass is 9.71. The number of para-hydroxylation sites is 1. The van der Waals surface area contributed by atoms with E-state index in [1.54, 1.807) is 0 Å². The van der Waals surface area contributed by atoms with Crippen LogP contribution < -0.4 is 4.74 Å². The van der Waals surface area contributed by atoms with Crippen molar-refractivity contribution in [3.63, 3.8) is 0 Å². The van der Waals surface area contributed by atoms with Crippen LogP contribution in [0.25, 0.3) is 0 Å². The van der Waals surface area contributed by atoms with Crippen molar-refractivity contribution in [1.82, 2.24) is 0 Å². The van der Waals surface area contributed by atoms with Gasteiger partial charge in [-0.05, 0) is 56.1 Å². The predicted molar refractivity (Wildman–Crippen MR) is 88.4 cm³/mol. The summed E-state index contributed by atoms with van der Waals surface area (Å²) in [5.41, 5.74) is 1.67. The van der Waals surface area contributed by atoms with Gasteiger partial charge in [-0.25, -0.2) is 0 Å². The second-order valence-electron chi connectivity index (χ2n) is 8.71. The molecule has 0 atom stereocenters. The third-order valence-electron chi connectivity index (χ3n) is 3.39. The van der Waals surface area contributed by atoms with E-state index in [1.165, 1.54) is 12.0 Å². The molecule has 0 spiro atoms. The molecule has 0 fully saturated rings. The molecule has 0 aliphatic carbocycles. The van der Waals surface area contributed by atoms with Gasteiger partial charge in [-0.1, -0.05) is 52.8 Å². The fraction of sp³-hybridized carbons (Fsp3) is 0.684. The van der Waals surface area contributed by atoms with E-state index < -0.39 is 0 Å². The van der Waals surface area contributed by atoms with E-state index in [0.717, 1.165) is 12.2 Å². The monoisotopic (exact) mass is 276 g/mol. The van der Waals surface area contributed by atoms with E-state index in [-0.39, 0.29) is 11.0 Å². The highest BCUT2D eigenvalue weighted by Gasteiger charge is 2.33. The maximum atomic E-state index is 6.28. The lowest BCUT2D eigenvalue weighted by Crippen LogP contribution is -2.36. The molecule has 1 nitrogen and oxygen atoms in total. The van der Waals surface area contributed by atoms with Crippen molar-refractivity contribution in [3.05, 3.63) is 29.8 Å². The molecule has 0 saturated heterocycles. The Balaban J connectivity index is 2.77. The number of ether oxygens (including phenoxy) is 1. The minimum absolute atomic E-state index is 0.152. The zero-order valence-electron chi connectivity index (χ0n) is 14.6. The van der Waals surface area contributed by atoms with Gasteiger partial charge in [-0.3, -0.25) is 0 Å². The smallest absolute Gasteiger partial charge is 0.123 e. The summed E-state index contributed by atoms with van der Waals surface area (Å²) in [5.74, 6) is 1.00. The Labute approximate surface area is 125 Å². The first-order chi connectivity index (χ1) is 8.90. The van der Waals surface area contributed by atoms with Gasteiger partial charge < -0.3 is 4.74 Å². The van der Waals surface area contributed by atoms with Crippen molar-refractivity contribution in [3.8, 4) is 5.75 Å². The topological polar surface area (TPSA) is 9.23 Å². The second kappa shape index (κ2) is 5.79. The van der Waals surface area contributed by atoms with Crippen LogP contribution in [0.1, 0.15) is 66.9 Å². The zero-order chi connectivity index (χ0) is 15.6. The Morgan fingerprint density at radius 3 is 1.90 bits per heavy atom. The van der Waals surface area contributed by atoms with Crippen LogP contribution >= 0.6 is 0 Å². The molecule has 1 heteroatoms. The molecule has 0 aliphatic heterocycles. The van der Waals surface area contributed by atoms with Crippen LogP contribution in [0.2, 0.25) is 0 Å². The van der Waals surface area contributed by atoms with E-state index in [0.29, 0.717) is 5.41 Å². The summed E-state index contributed by atoms with van der Waals surface area (Å²) in [4.78, 5) is 0. The van der Waals surface area contributed by atoms with Crippen LogP contribution in [0.5, 0.6) is 5.75 Å². The van der Waals surface area contributed by atoms with Crippen LogP contribution in [-0.2, 0) is 0 Å². The van der Waals surface area contributed by atoms with E-state index in [9.17, 15) is 0 Å². The van der Waals surface area contributed by atoms with Gasteiger partial charge in [0.05, 0.1) is 0 Å². The minimum atomic E-state index is -0.152. The zero-order valence-corrected chi connectivity index (χ0v) is 14.6. The van der Waals surface area contributed by atoms with Crippen molar-refractivity contribution in [2.24, 2.45) is 10.8 Å². The number of aryl methyl sites for hydroxylation is 1. The van der Waals surface area contributed by atoms with Gasteiger partial charge in [0.25, 0.3) is 0 Å². The van der Waals surface area contributed by atoms with E-state index in [1.807, 2.05) is 6.07 Å². The molecule has 114 valence electrons. The number of hydrogen-bond donors (Lipinski definition) is 0. The van der Waals surface area contributed by atoms with Gasteiger partial charge in [0, 0.05) is 0 Å². The van der Waals surface area contributed by atoms with Crippen molar-refractivity contribution in [1.29, 1.82) is 0 Å². The van der Waals surface area contributed by atoms with Gasteiger partial charge in [0.15, 0.2) is 0 Å². The predicted octanol–water partition coefficient (Wildman–Crippen LogP) is 6.00. The van der Waals surface area contributed by atoms with Crippen LogP contribution in [0.3, 0.4) is 0 Å². The highest BCUT2D eigenvalue weighted by Crippen LogP contribution is 2.40. The molecule has 0 N–H and O–H groups in total. The van der Waals surface area contributed by atoms with E-state index in [4.69, 9.17) is 4.74 Å². The highest BCUT2D eigenvalue weighted by atomic mass is 16.5. The number of rotatable bonds is 5. The molecular formula is C19H32O. The van der Waals surface area contributed by atoms with Gasteiger partial charge in [0.2, 0.25) is 0 Å². The molecule has 0 amide bonds. The van der Waals surface area contributed by atoms with Crippen molar-refractivity contribution >= 4 is 0 Å². The van der Waals surface area contributed by atoms with E-state index in [2.05, 4.69) is 73.6 Å². The second-order valence-corrected chi connectivity index (χ2v) is 8.71. The molecule has 20 heavy (non-hydrogen) atoms. The molecule has 0 aromatic heterocycles. The highest BCUT2D eigenvalue weighted by molar-refractivity contribution is 5.32. The summed E-state index contributed by atoms with van der Waals surface area (Å²) in [7, 11) is 0. The summed E-state index contributed by atoms with van der Waals surface area (Å²) >= 11 is 0. The maximum absolute atomic E-state index is 6.28. The van der Waals surface area contributed by atoms with Crippen molar-refractivity contribution < 1.29 is 4.74 Å². The van der Waals surface area contributed by atoms with Crippen LogP contribution in [0, 0.1) is 17.8 Å². The first kappa shape index (κ1) is 17.1. The summed E-state index contributed by atoms with van der Waals surface area (Å²) in [6, 6.07) is 8.26. The molecule has 0 radical (unpaired) electrons. The molecule has 0 aliphatic rings. The number of benzene rings is 1. The summed E-state index contributed by atoms with van der Waals surface area (Å²) < 4.78 is 6.28. The minimum Gasteiger partial charge on any atom is -0.488 e. The first-order valence-electron chi connectivity index (χ1n) is 7.65. The molecule has 1 aromatic rings. The SMILES string of the molecule is Cc1ccccc1OC(C)(C)CC(C)(C)CC(C)(C)C. The molecule has 1 aromatic carbocycles. The Bertz CT molecular complexity index is 435. The lowest BCUT2D eigenvalue weighted by Gasteiger charge is -2.39. The standard InChI is InChI=1S/C19H32O/c1-15-11-9-10-12-16(15)20-19(7,8)14-18(5,6)13-17(2,3)4/h9-12H,13-14H2,1-8H3. The van der Waals surface area contributed by atoms with Gasteiger partial charge in [-0.2, -0.15) is 0 Å². The van der Waals surface area contributed by atoms with E-state index >= 15 is 0 Å². The fourth-order valence-electron chi connectivity index (χ4n) is 3.66. The Morgan fingerprint density at radius 2 is 1.40 bits per heavy atom. The number of hydrogen-bond acceptors (Lipinski definition) is 1. The van der Waals surface area contributed by atoms with Crippen molar-refractivity contribution in [2.45, 2.75) is 73.8 Å². The van der Waals surface area contributed by atoms with Crippen LogP contribution in [-0.4, -0.2) is 5.60 Å². The molecule has 1 rings (SSSR count). The Hall–Kier alpha value is -0.980. The third-order valence-corrected chi connectivity index (χ3v) is 3.39.